The van der Waals surface area contributed by atoms with Crippen LogP contribution in [0.1, 0.15) is 24.8 Å². The molecule has 0 radical (unpaired) electrons. The van der Waals surface area contributed by atoms with E-state index in [4.69, 9.17) is 4.74 Å². The van der Waals surface area contributed by atoms with Gasteiger partial charge in [0, 0.05) is 25.6 Å². The topological polar surface area (TPSA) is 32.8 Å². The summed E-state index contributed by atoms with van der Waals surface area (Å²) in [4.78, 5) is 16.7. The van der Waals surface area contributed by atoms with Gasteiger partial charge >= 0.3 is 0 Å². The highest BCUT2D eigenvalue weighted by molar-refractivity contribution is 7.07. The lowest BCUT2D eigenvalue weighted by molar-refractivity contribution is -0.131. The number of likely N-dealkylation sites (tertiary alicyclic amines) is 1. The van der Waals surface area contributed by atoms with Crippen molar-refractivity contribution in [1.29, 1.82) is 0 Å². The van der Waals surface area contributed by atoms with Gasteiger partial charge in [-0.3, -0.25) is 9.69 Å². The standard InChI is InChI=1S/C20H26N2O2S/c1-21(15-17-10-14-25-16-17)18-7-8-20(23)22(11-9-18)12-13-24-19-5-3-2-4-6-19/h2-6,10,14,16,18H,7-9,11-13,15H2,1H3. The summed E-state index contributed by atoms with van der Waals surface area (Å²) in [5, 5.41) is 4.32. The largest absolute Gasteiger partial charge is 0.492 e. The molecule has 3 rings (SSSR count). The summed E-state index contributed by atoms with van der Waals surface area (Å²) in [5.41, 5.74) is 1.36. The van der Waals surface area contributed by atoms with E-state index in [1.165, 1.54) is 5.56 Å². The first-order chi connectivity index (χ1) is 12.2. The maximum atomic E-state index is 12.4. The molecule has 134 valence electrons. The Morgan fingerprint density at radius 1 is 1.24 bits per heavy atom. The van der Waals surface area contributed by atoms with Crippen LogP contribution in [0.4, 0.5) is 0 Å². The number of carbonyl (C=O) groups excluding carboxylic acids is 1. The number of hydrogen-bond acceptors (Lipinski definition) is 4. The van der Waals surface area contributed by atoms with Gasteiger partial charge in [0.2, 0.25) is 5.91 Å². The lowest BCUT2D eigenvalue weighted by Crippen LogP contribution is -2.35. The minimum atomic E-state index is 0.253. The first kappa shape index (κ1) is 18.0. The Balaban J connectivity index is 1.46. The van der Waals surface area contributed by atoms with Gasteiger partial charge in [-0.2, -0.15) is 11.3 Å². The van der Waals surface area contributed by atoms with E-state index in [1.807, 2.05) is 35.2 Å². The SMILES string of the molecule is CN(Cc1ccsc1)C1CCC(=O)N(CCOc2ccccc2)CC1. The van der Waals surface area contributed by atoms with Crippen molar-refractivity contribution in [3.05, 3.63) is 52.7 Å². The lowest BCUT2D eigenvalue weighted by Gasteiger charge is -2.27. The molecule has 4 nitrogen and oxygen atoms in total. The summed E-state index contributed by atoms with van der Waals surface area (Å²) in [7, 11) is 2.17. The minimum absolute atomic E-state index is 0.253. The van der Waals surface area contributed by atoms with E-state index in [9.17, 15) is 4.79 Å². The van der Waals surface area contributed by atoms with Gasteiger partial charge in [-0.05, 0) is 54.4 Å². The van der Waals surface area contributed by atoms with Crippen molar-refractivity contribution in [2.24, 2.45) is 0 Å². The molecule has 1 aliphatic heterocycles. The molecular formula is C20H26N2O2S. The third kappa shape index (κ3) is 5.31. The molecule has 25 heavy (non-hydrogen) atoms. The molecule has 0 aliphatic carbocycles. The summed E-state index contributed by atoms with van der Waals surface area (Å²) in [5.74, 6) is 1.11. The summed E-state index contributed by atoms with van der Waals surface area (Å²) in [6, 6.07) is 12.4. The van der Waals surface area contributed by atoms with Crippen molar-refractivity contribution >= 4 is 17.2 Å². The van der Waals surface area contributed by atoms with Crippen LogP contribution < -0.4 is 4.74 Å². The molecule has 1 fully saturated rings. The lowest BCUT2D eigenvalue weighted by atomic mass is 10.1. The van der Waals surface area contributed by atoms with Gasteiger partial charge in [-0.15, -0.1) is 0 Å². The fraction of sp³-hybridized carbons (Fsp3) is 0.450. The quantitative estimate of drug-likeness (QED) is 0.757. The molecule has 1 unspecified atom stereocenters. The molecule has 0 bridgehead atoms. The van der Waals surface area contributed by atoms with E-state index >= 15 is 0 Å². The van der Waals surface area contributed by atoms with E-state index in [-0.39, 0.29) is 5.91 Å². The van der Waals surface area contributed by atoms with Crippen LogP contribution in [0.5, 0.6) is 5.75 Å². The normalized spacial score (nSPS) is 18.4. The van der Waals surface area contributed by atoms with Crippen molar-refractivity contribution in [3.8, 4) is 5.75 Å². The number of rotatable bonds is 7. The Bertz CT molecular complexity index is 645. The highest BCUT2D eigenvalue weighted by atomic mass is 32.1. The average molecular weight is 359 g/mol. The molecule has 1 saturated heterocycles. The fourth-order valence-corrected chi connectivity index (χ4v) is 3.95. The first-order valence-corrected chi connectivity index (χ1v) is 9.83. The molecule has 1 aliphatic rings. The highest BCUT2D eigenvalue weighted by Crippen LogP contribution is 2.19. The molecule has 1 aromatic heterocycles. The van der Waals surface area contributed by atoms with Gasteiger partial charge in [-0.1, -0.05) is 18.2 Å². The maximum Gasteiger partial charge on any atom is 0.222 e. The average Bonchev–Trinajstić information content (AvgIpc) is 3.06. The molecule has 1 aromatic carbocycles. The Kier molecular flexibility index (Phi) is 6.48. The maximum absolute atomic E-state index is 12.4. The third-order valence-corrected chi connectivity index (χ3v) is 5.52. The second-order valence-electron chi connectivity index (χ2n) is 6.57. The van der Waals surface area contributed by atoms with Crippen molar-refractivity contribution < 1.29 is 9.53 Å². The highest BCUT2D eigenvalue weighted by Gasteiger charge is 2.24. The van der Waals surface area contributed by atoms with Gasteiger partial charge in [0.15, 0.2) is 0 Å². The van der Waals surface area contributed by atoms with Gasteiger partial charge in [-0.25, -0.2) is 0 Å². The van der Waals surface area contributed by atoms with E-state index in [2.05, 4.69) is 28.8 Å². The number of thiophene rings is 1. The van der Waals surface area contributed by atoms with Crippen LogP contribution in [0.25, 0.3) is 0 Å². The fourth-order valence-electron chi connectivity index (χ4n) is 3.29. The summed E-state index contributed by atoms with van der Waals surface area (Å²) >= 11 is 1.74. The van der Waals surface area contributed by atoms with Gasteiger partial charge in [0.05, 0.1) is 6.54 Å². The van der Waals surface area contributed by atoms with Crippen LogP contribution in [0.3, 0.4) is 0 Å². The van der Waals surface area contributed by atoms with Crippen LogP contribution in [0.15, 0.2) is 47.2 Å². The molecule has 1 amide bonds. The van der Waals surface area contributed by atoms with Crippen LogP contribution in [-0.2, 0) is 11.3 Å². The van der Waals surface area contributed by atoms with E-state index in [0.717, 1.165) is 31.7 Å². The molecule has 0 N–H and O–H groups in total. The van der Waals surface area contributed by atoms with Gasteiger partial charge in [0.1, 0.15) is 12.4 Å². The smallest absolute Gasteiger partial charge is 0.222 e. The van der Waals surface area contributed by atoms with Gasteiger partial charge in [0.25, 0.3) is 0 Å². The second kappa shape index (κ2) is 9.02. The molecule has 2 aromatic rings. The van der Waals surface area contributed by atoms with Crippen LogP contribution in [0.2, 0.25) is 0 Å². The number of hydrogen-bond donors (Lipinski definition) is 0. The molecular weight excluding hydrogens is 332 g/mol. The second-order valence-corrected chi connectivity index (χ2v) is 7.35. The summed E-state index contributed by atoms with van der Waals surface area (Å²) in [6.45, 7) is 2.98. The van der Waals surface area contributed by atoms with Crippen molar-refractivity contribution in [3.63, 3.8) is 0 Å². The van der Waals surface area contributed by atoms with Gasteiger partial charge < -0.3 is 9.64 Å². The number of ether oxygens (including phenoxy) is 1. The molecule has 0 spiro atoms. The van der Waals surface area contributed by atoms with E-state index in [0.29, 0.717) is 25.6 Å². The summed E-state index contributed by atoms with van der Waals surface area (Å²) in [6.07, 6.45) is 2.59. The number of carbonyl (C=O) groups is 1. The van der Waals surface area contributed by atoms with Crippen LogP contribution in [0, 0.1) is 0 Å². The third-order valence-electron chi connectivity index (χ3n) is 4.78. The Morgan fingerprint density at radius 2 is 2.08 bits per heavy atom. The van der Waals surface area contributed by atoms with E-state index in [1.54, 1.807) is 11.3 Å². The predicted octanol–water partition coefficient (Wildman–Crippen LogP) is 3.64. The molecule has 2 heterocycles. The number of benzene rings is 1. The number of amides is 1. The Morgan fingerprint density at radius 3 is 2.84 bits per heavy atom. The molecule has 5 heteroatoms. The zero-order chi connectivity index (χ0) is 17.5. The Labute approximate surface area is 154 Å². The zero-order valence-corrected chi connectivity index (χ0v) is 15.6. The zero-order valence-electron chi connectivity index (χ0n) is 14.8. The Hall–Kier alpha value is -1.85. The summed E-state index contributed by atoms with van der Waals surface area (Å²) < 4.78 is 5.74. The minimum Gasteiger partial charge on any atom is -0.492 e. The monoisotopic (exact) mass is 358 g/mol. The van der Waals surface area contributed by atoms with Crippen LogP contribution >= 0.6 is 11.3 Å². The van der Waals surface area contributed by atoms with Crippen molar-refractivity contribution in [2.75, 3.05) is 26.7 Å². The van der Waals surface area contributed by atoms with Crippen molar-refractivity contribution in [2.45, 2.75) is 31.8 Å². The van der Waals surface area contributed by atoms with Crippen LogP contribution in [-0.4, -0.2) is 48.5 Å². The predicted molar refractivity (Wildman–Crippen MR) is 102 cm³/mol. The molecule has 1 atom stereocenters. The number of para-hydroxylation sites is 1. The first-order valence-electron chi connectivity index (χ1n) is 8.89. The molecule has 0 saturated carbocycles. The van der Waals surface area contributed by atoms with E-state index < -0.39 is 0 Å². The number of nitrogens with zero attached hydrogens (tertiary/aromatic N) is 2. The van der Waals surface area contributed by atoms with Crippen molar-refractivity contribution in [1.82, 2.24) is 9.80 Å².